The molecule has 0 aromatic rings. The van der Waals surface area contributed by atoms with E-state index in [0.29, 0.717) is 0 Å². The number of hydrogen-bond acceptors (Lipinski definition) is 5. The summed E-state index contributed by atoms with van der Waals surface area (Å²) in [5.74, 6) is -0.694. The van der Waals surface area contributed by atoms with Crippen molar-refractivity contribution in [3.05, 3.63) is 0 Å². The molecule has 0 unspecified atom stereocenters. The van der Waals surface area contributed by atoms with Crippen LogP contribution in [0.1, 0.15) is 20.8 Å². The Morgan fingerprint density at radius 3 is 2.40 bits per heavy atom. The van der Waals surface area contributed by atoms with Crippen molar-refractivity contribution < 1.29 is 24.1 Å². The zero-order chi connectivity index (χ0) is 11.2. The Kier molecular flexibility index (Phi) is 2.77. The van der Waals surface area contributed by atoms with Gasteiger partial charge in [-0.1, -0.05) is 0 Å². The monoisotopic (exact) mass is 218 g/mol. The van der Waals surface area contributed by atoms with Gasteiger partial charge in [0.15, 0.2) is 12.1 Å². The third-order valence-corrected chi connectivity index (χ3v) is 2.83. The van der Waals surface area contributed by atoms with Crippen LogP contribution < -0.4 is 0 Å². The van der Waals surface area contributed by atoms with Gasteiger partial charge in [0.2, 0.25) is 0 Å². The Hall–Kier alpha value is -0.200. The molecule has 0 aliphatic carbocycles. The minimum Gasteiger partial charge on any atom is -0.388 e. The number of hydrogen-bond donors (Lipinski definition) is 1. The topological polar surface area (TPSA) is 57.2 Å². The van der Waals surface area contributed by atoms with Crippen LogP contribution in [-0.2, 0) is 18.9 Å². The summed E-state index contributed by atoms with van der Waals surface area (Å²) in [5, 5.41) is 9.91. The molecule has 2 aliphatic rings. The molecule has 0 bridgehead atoms. The van der Waals surface area contributed by atoms with Gasteiger partial charge in [-0.15, -0.1) is 0 Å². The average Bonchev–Trinajstić information content (AvgIpc) is 2.48. The lowest BCUT2D eigenvalue weighted by Gasteiger charge is -2.37. The van der Waals surface area contributed by atoms with Crippen LogP contribution in [0.25, 0.3) is 0 Å². The highest BCUT2D eigenvalue weighted by atomic mass is 16.8. The summed E-state index contributed by atoms with van der Waals surface area (Å²) in [6, 6.07) is 0. The highest BCUT2D eigenvalue weighted by molar-refractivity contribution is 4.94. The van der Waals surface area contributed by atoms with Crippen LogP contribution in [-0.4, -0.2) is 48.7 Å². The Morgan fingerprint density at radius 1 is 1.20 bits per heavy atom. The van der Waals surface area contributed by atoms with Crippen molar-refractivity contribution in [1.29, 1.82) is 0 Å². The molecule has 2 saturated heterocycles. The lowest BCUT2D eigenvalue weighted by Crippen LogP contribution is -2.55. The van der Waals surface area contributed by atoms with E-state index in [1.807, 2.05) is 13.8 Å². The lowest BCUT2D eigenvalue weighted by atomic mass is 10.0. The van der Waals surface area contributed by atoms with Crippen LogP contribution in [0, 0.1) is 0 Å². The number of fused-ring (bicyclic) bond motifs is 1. The molecule has 2 rings (SSSR count). The molecule has 0 aromatic heterocycles. The zero-order valence-corrected chi connectivity index (χ0v) is 9.47. The summed E-state index contributed by atoms with van der Waals surface area (Å²) in [4.78, 5) is 0. The van der Waals surface area contributed by atoms with Crippen molar-refractivity contribution in [3.8, 4) is 0 Å². The average molecular weight is 218 g/mol. The number of ether oxygens (including phenoxy) is 4. The van der Waals surface area contributed by atoms with Gasteiger partial charge in [-0.05, 0) is 20.8 Å². The molecule has 5 atom stereocenters. The lowest BCUT2D eigenvalue weighted by molar-refractivity contribution is -0.262. The van der Waals surface area contributed by atoms with Crippen LogP contribution in [0.3, 0.4) is 0 Å². The predicted octanol–water partition coefficient (Wildman–Crippen LogP) is 0.259. The van der Waals surface area contributed by atoms with Crippen molar-refractivity contribution in [1.82, 2.24) is 0 Å². The first-order valence-electron chi connectivity index (χ1n) is 5.16. The van der Waals surface area contributed by atoms with Crippen molar-refractivity contribution in [2.24, 2.45) is 0 Å². The second-order valence-electron chi connectivity index (χ2n) is 4.50. The van der Waals surface area contributed by atoms with Gasteiger partial charge in [-0.3, -0.25) is 0 Å². The fourth-order valence-corrected chi connectivity index (χ4v) is 2.12. The molecule has 2 heterocycles. The number of aliphatic hydroxyl groups excluding tert-OH is 1. The Bertz CT molecular complexity index is 234. The summed E-state index contributed by atoms with van der Waals surface area (Å²) < 4.78 is 21.9. The van der Waals surface area contributed by atoms with Gasteiger partial charge in [0.05, 0.1) is 6.10 Å². The Balaban J connectivity index is 2.18. The first-order valence-corrected chi connectivity index (χ1v) is 5.16. The summed E-state index contributed by atoms with van der Waals surface area (Å²) in [7, 11) is 1.56. The normalized spacial score (nSPS) is 49.0. The smallest absolute Gasteiger partial charge is 0.186 e. The number of rotatable bonds is 1. The fourth-order valence-electron chi connectivity index (χ4n) is 2.12. The van der Waals surface area contributed by atoms with Crippen LogP contribution in [0.4, 0.5) is 0 Å². The van der Waals surface area contributed by atoms with Gasteiger partial charge in [0.1, 0.15) is 18.3 Å². The van der Waals surface area contributed by atoms with Crippen molar-refractivity contribution in [2.45, 2.75) is 57.3 Å². The minimum absolute atomic E-state index is 0.311. The first-order chi connectivity index (χ1) is 6.94. The van der Waals surface area contributed by atoms with E-state index in [2.05, 4.69) is 0 Å². The van der Waals surface area contributed by atoms with Gasteiger partial charge in [-0.2, -0.15) is 0 Å². The summed E-state index contributed by atoms with van der Waals surface area (Å²) >= 11 is 0. The van der Waals surface area contributed by atoms with Crippen LogP contribution in [0.5, 0.6) is 0 Å². The molecule has 0 radical (unpaired) electrons. The summed E-state index contributed by atoms with van der Waals surface area (Å²) in [5.41, 5.74) is 0. The number of aliphatic hydroxyl groups is 1. The van der Waals surface area contributed by atoms with E-state index >= 15 is 0 Å². The quantitative estimate of drug-likeness (QED) is 0.684. The molecular formula is C10H18O5. The molecule has 88 valence electrons. The van der Waals surface area contributed by atoms with E-state index in [-0.39, 0.29) is 18.3 Å². The SMILES string of the molecule is CO[C@H]1O[C@H](C)[C@H](O)[C@@H]2OC(C)(C)O[C@H]12. The minimum atomic E-state index is -0.694. The van der Waals surface area contributed by atoms with Gasteiger partial charge in [-0.25, -0.2) is 0 Å². The zero-order valence-electron chi connectivity index (χ0n) is 9.47. The maximum Gasteiger partial charge on any atom is 0.186 e. The van der Waals surface area contributed by atoms with Crippen molar-refractivity contribution in [2.75, 3.05) is 7.11 Å². The highest BCUT2D eigenvalue weighted by Crippen LogP contribution is 2.37. The van der Waals surface area contributed by atoms with E-state index in [1.165, 1.54) is 0 Å². The van der Waals surface area contributed by atoms with Gasteiger partial charge < -0.3 is 24.1 Å². The third kappa shape index (κ3) is 1.90. The maximum atomic E-state index is 9.91. The fraction of sp³-hybridized carbons (Fsp3) is 1.00. The number of methoxy groups -OCH3 is 1. The van der Waals surface area contributed by atoms with Crippen LogP contribution in [0.2, 0.25) is 0 Å². The molecule has 0 spiro atoms. The van der Waals surface area contributed by atoms with Crippen molar-refractivity contribution in [3.63, 3.8) is 0 Å². The molecular weight excluding hydrogens is 200 g/mol. The van der Waals surface area contributed by atoms with E-state index in [9.17, 15) is 5.11 Å². The molecule has 0 amide bonds. The second kappa shape index (κ2) is 3.68. The molecule has 2 fully saturated rings. The molecule has 5 nitrogen and oxygen atoms in total. The largest absolute Gasteiger partial charge is 0.388 e. The van der Waals surface area contributed by atoms with Crippen LogP contribution >= 0.6 is 0 Å². The highest BCUT2D eigenvalue weighted by Gasteiger charge is 2.54. The van der Waals surface area contributed by atoms with Gasteiger partial charge in [0.25, 0.3) is 0 Å². The van der Waals surface area contributed by atoms with Gasteiger partial charge >= 0.3 is 0 Å². The molecule has 15 heavy (non-hydrogen) atoms. The Morgan fingerprint density at radius 2 is 1.80 bits per heavy atom. The maximum absolute atomic E-state index is 9.91. The van der Waals surface area contributed by atoms with E-state index in [4.69, 9.17) is 18.9 Å². The van der Waals surface area contributed by atoms with Crippen LogP contribution in [0.15, 0.2) is 0 Å². The molecule has 1 N–H and O–H groups in total. The third-order valence-electron chi connectivity index (χ3n) is 2.83. The second-order valence-corrected chi connectivity index (χ2v) is 4.50. The van der Waals surface area contributed by atoms with E-state index in [0.717, 1.165) is 0 Å². The Labute approximate surface area is 89.3 Å². The predicted molar refractivity (Wildman–Crippen MR) is 51.2 cm³/mol. The first kappa shape index (κ1) is 11.3. The molecule has 0 aromatic carbocycles. The molecule has 5 heteroatoms. The molecule has 0 saturated carbocycles. The molecule has 2 aliphatic heterocycles. The van der Waals surface area contributed by atoms with Gasteiger partial charge in [0, 0.05) is 7.11 Å². The summed E-state index contributed by atoms with van der Waals surface area (Å²) in [6.45, 7) is 5.42. The summed E-state index contributed by atoms with van der Waals surface area (Å²) in [6.07, 6.45) is -2.21. The van der Waals surface area contributed by atoms with E-state index in [1.54, 1.807) is 14.0 Å². The standard InChI is InChI=1S/C10H18O5/c1-5-6(11)7-8(9(12-4)13-5)15-10(2,3)14-7/h5-9,11H,1-4H3/t5-,6+,7+,8+,9+/m1/s1. The van der Waals surface area contributed by atoms with E-state index < -0.39 is 18.2 Å². The van der Waals surface area contributed by atoms with Crippen molar-refractivity contribution >= 4 is 0 Å².